The first-order valence-corrected chi connectivity index (χ1v) is 11.5. The summed E-state index contributed by atoms with van der Waals surface area (Å²) in [5.41, 5.74) is 1.89. The minimum Gasteiger partial charge on any atom is -0.475 e. The van der Waals surface area contributed by atoms with E-state index in [1.807, 2.05) is 18.2 Å². The van der Waals surface area contributed by atoms with E-state index in [-0.39, 0.29) is 12.2 Å². The second-order valence-corrected chi connectivity index (χ2v) is 8.94. The van der Waals surface area contributed by atoms with Crippen molar-refractivity contribution in [3.8, 4) is 23.1 Å². The Morgan fingerprint density at radius 3 is 2.71 bits per heavy atom. The van der Waals surface area contributed by atoms with Crippen LogP contribution in [0.3, 0.4) is 0 Å². The fraction of sp³-hybridized carbons (Fsp3) is 0.346. The Morgan fingerprint density at radius 2 is 2.00 bits per heavy atom. The summed E-state index contributed by atoms with van der Waals surface area (Å²) in [5.74, 6) is 4.05. The number of pyridine rings is 1. The van der Waals surface area contributed by atoms with Crippen molar-refractivity contribution in [3.63, 3.8) is 0 Å². The number of carboxylic acid groups (broad SMARTS) is 1. The molecule has 5 rings (SSSR count). The molecular weight excluding hydrogens is 448 g/mol. The fourth-order valence-corrected chi connectivity index (χ4v) is 4.50. The number of aromatic nitrogens is 2. The molecule has 1 aromatic carbocycles. The van der Waals surface area contributed by atoms with E-state index in [4.69, 9.17) is 4.74 Å². The molecule has 0 spiro atoms. The molecule has 0 saturated carbocycles. The van der Waals surface area contributed by atoms with Gasteiger partial charge in [0.2, 0.25) is 11.4 Å². The molecule has 2 aliphatic heterocycles. The zero-order valence-electron chi connectivity index (χ0n) is 19.4. The van der Waals surface area contributed by atoms with Crippen LogP contribution in [-0.4, -0.2) is 86.8 Å². The second kappa shape index (κ2) is 9.15. The van der Waals surface area contributed by atoms with E-state index < -0.39 is 17.5 Å². The van der Waals surface area contributed by atoms with Gasteiger partial charge in [-0.05, 0) is 29.8 Å². The molecule has 0 bridgehead atoms. The molecule has 1 amide bonds. The summed E-state index contributed by atoms with van der Waals surface area (Å²) in [7, 11) is 1.64. The van der Waals surface area contributed by atoms with Crippen LogP contribution in [0.5, 0.6) is 0 Å². The molecule has 35 heavy (non-hydrogen) atoms. The second-order valence-electron chi connectivity index (χ2n) is 8.94. The van der Waals surface area contributed by atoms with E-state index in [2.05, 4.69) is 21.7 Å². The molecule has 180 valence electrons. The molecule has 9 nitrogen and oxygen atoms in total. The van der Waals surface area contributed by atoms with Gasteiger partial charge in [0.25, 0.3) is 5.91 Å². The highest BCUT2D eigenvalue weighted by Crippen LogP contribution is 2.27. The zero-order valence-corrected chi connectivity index (χ0v) is 19.4. The number of nitrogens with zero attached hydrogens (tertiary/aromatic N) is 4. The average molecular weight is 475 g/mol. The van der Waals surface area contributed by atoms with Gasteiger partial charge in [0.1, 0.15) is 0 Å². The summed E-state index contributed by atoms with van der Waals surface area (Å²) >= 11 is 0. The lowest BCUT2D eigenvalue weighted by Gasteiger charge is -2.26. The van der Waals surface area contributed by atoms with Gasteiger partial charge in [-0.15, -0.1) is 0 Å². The van der Waals surface area contributed by atoms with Gasteiger partial charge in [-0.25, -0.2) is 9.78 Å². The Bertz CT molecular complexity index is 1370. The quantitative estimate of drug-likeness (QED) is 0.552. The van der Waals surface area contributed by atoms with Crippen molar-refractivity contribution in [3.05, 3.63) is 59.5 Å². The van der Waals surface area contributed by atoms with Crippen LogP contribution >= 0.6 is 0 Å². The molecule has 2 aromatic heterocycles. The molecule has 1 atom stereocenters. The predicted molar refractivity (Wildman–Crippen MR) is 128 cm³/mol. The Balaban J connectivity index is 1.51. The topological polar surface area (TPSA) is 108 Å². The number of likely N-dealkylation sites (tertiary alicyclic amines) is 1. The number of hydrogen-bond donors (Lipinski definition) is 2. The number of carboxylic acids is 1. The number of imidazole rings is 1. The van der Waals surface area contributed by atoms with Crippen LogP contribution in [0.4, 0.5) is 0 Å². The van der Waals surface area contributed by atoms with Crippen LogP contribution in [-0.2, 0) is 16.1 Å². The maximum Gasteiger partial charge on any atom is 0.372 e. The number of morpholine rings is 1. The molecule has 0 radical (unpaired) electrons. The lowest BCUT2D eigenvalue weighted by molar-refractivity contribution is -0.137. The van der Waals surface area contributed by atoms with Gasteiger partial charge < -0.3 is 19.8 Å². The first-order chi connectivity index (χ1) is 16.8. The monoisotopic (exact) mass is 474 g/mol. The van der Waals surface area contributed by atoms with Gasteiger partial charge in [0.05, 0.1) is 24.4 Å². The van der Waals surface area contributed by atoms with E-state index in [9.17, 15) is 19.8 Å². The van der Waals surface area contributed by atoms with Crippen LogP contribution < -0.4 is 0 Å². The van der Waals surface area contributed by atoms with E-state index >= 15 is 0 Å². The van der Waals surface area contributed by atoms with Crippen molar-refractivity contribution < 1.29 is 24.5 Å². The highest BCUT2D eigenvalue weighted by atomic mass is 16.5. The van der Waals surface area contributed by atoms with Crippen molar-refractivity contribution in [1.82, 2.24) is 19.2 Å². The zero-order chi connectivity index (χ0) is 24.6. The molecule has 2 fully saturated rings. The van der Waals surface area contributed by atoms with Crippen molar-refractivity contribution in [2.75, 3.05) is 39.9 Å². The van der Waals surface area contributed by atoms with Gasteiger partial charge in [-0.2, -0.15) is 0 Å². The summed E-state index contributed by atoms with van der Waals surface area (Å²) in [6.07, 6.45) is 2.00. The van der Waals surface area contributed by atoms with E-state index in [1.165, 1.54) is 4.90 Å². The maximum absolute atomic E-state index is 12.2. The molecule has 4 heterocycles. The first kappa shape index (κ1) is 23.1. The highest BCUT2D eigenvalue weighted by Gasteiger charge is 2.42. The molecular formula is C26H26N4O5. The third kappa shape index (κ3) is 4.51. The number of amides is 1. The number of aliphatic hydroxyl groups is 1. The lowest BCUT2D eigenvalue weighted by Crippen LogP contribution is -2.37. The number of likely N-dealkylation sites (N-methyl/N-ethyl adjacent to an activating group) is 1. The molecule has 0 unspecified atom stereocenters. The summed E-state index contributed by atoms with van der Waals surface area (Å²) in [5, 5.41) is 20.3. The predicted octanol–water partition coefficient (Wildman–Crippen LogP) is 1.48. The van der Waals surface area contributed by atoms with Gasteiger partial charge in [0.15, 0.2) is 0 Å². The SMILES string of the molecule is CN1CC[C@@](O)(C#Cc2cccc(-c3nc(C(=O)O)n4ccc(CN5CCOCC5)cc34)c2)C1=O. The van der Waals surface area contributed by atoms with Gasteiger partial charge in [-0.3, -0.25) is 14.1 Å². The minimum atomic E-state index is -1.68. The average Bonchev–Trinajstić information content (AvgIpc) is 3.37. The van der Waals surface area contributed by atoms with Crippen molar-refractivity contribution in [2.24, 2.45) is 0 Å². The number of fused-ring (bicyclic) bond motifs is 1. The smallest absolute Gasteiger partial charge is 0.372 e. The molecule has 0 aliphatic carbocycles. The number of aromatic carboxylic acids is 1. The normalized spacial score (nSPS) is 20.7. The number of ether oxygens (including phenoxy) is 1. The molecule has 2 aliphatic rings. The third-order valence-corrected chi connectivity index (χ3v) is 6.47. The van der Waals surface area contributed by atoms with Gasteiger partial charge in [0, 0.05) is 57.0 Å². The first-order valence-electron chi connectivity index (χ1n) is 11.5. The van der Waals surface area contributed by atoms with Crippen molar-refractivity contribution in [1.29, 1.82) is 0 Å². The standard InChI is InChI=1S/C26H26N4O5/c1-28-10-8-26(34,25(28)33)7-5-18-3-2-4-20(15-18)22-21-16-19(17-29-11-13-35-14-12-29)6-9-30(21)23(27-22)24(31)32/h2-4,6,9,15-16,34H,8,10-14,17H2,1H3,(H,31,32)/t26-/m0/s1. The Labute approximate surface area is 202 Å². The van der Waals surface area contributed by atoms with E-state index in [0.29, 0.717) is 42.1 Å². The van der Waals surface area contributed by atoms with Crippen LogP contribution in [0.25, 0.3) is 16.8 Å². The Morgan fingerprint density at radius 1 is 1.20 bits per heavy atom. The molecule has 2 N–H and O–H groups in total. The Hall–Kier alpha value is -3.71. The van der Waals surface area contributed by atoms with Crippen LogP contribution in [0.15, 0.2) is 42.6 Å². The maximum atomic E-state index is 12.2. The van der Waals surface area contributed by atoms with Gasteiger partial charge >= 0.3 is 5.97 Å². The number of carbonyl (C=O) groups is 2. The van der Waals surface area contributed by atoms with E-state index in [1.54, 1.807) is 35.8 Å². The summed E-state index contributed by atoms with van der Waals surface area (Å²) in [6.45, 7) is 4.29. The summed E-state index contributed by atoms with van der Waals surface area (Å²) in [4.78, 5) is 32.3. The molecule has 9 heteroatoms. The third-order valence-electron chi connectivity index (χ3n) is 6.47. The van der Waals surface area contributed by atoms with Gasteiger partial charge in [-0.1, -0.05) is 24.0 Å². The lowest BCUT2D eigenvalue weighted by atomic mass is 10.0. The fourth-order valence-electron chi connectivity index (χ4n) is 4.50. The van der Waals surface area contributed by atoms with Crippen LogP contribution in [0, 0.1) is 11.8 Å². The Kier molecular flexibility index (Phi) is 6.03. The summed E-state index contributed by atoms with van der Waals surface area (Å²) < 4.78 is 7.00. The van der Waals surface area contributed by atoms with Crippen molar-refractivity contribution >= 4 is 17.4 Å². The molecule has 2 saturated heterocycles. The summed E-state index contributed by atoms with van der Waals surface area (Å²) in [6, 6.07) is 11.1. The number of benzene rings is 1. The van der Waals surface area contributed by atoms with Crippen LogP contribution in [0.2, 0.25) is 0 Å². The van der Waals surface area contributed by atoms with E-state index in [0.717, 1.165) is 25.2 Å². The molecule has 3 aromatic rings. The number of rotatable bonds is 4. The minimum absolute atomic E-state index is 0.0710. The van der Waals surface area contributed by atoms with Crippen molar-refractivity contribution in [2.45, 2.75) is 18.6 Å². The highest BCUT2D eigenvalue weighted by molar-refractivity contribution is 5.91. The van der Waals surface area contributed by atoms with Crippen LogP contribution in [0.1, 0.15) is 28.2 Å². The number of hydrogen-bond acceptors (Lipinski definition) is 6. The number of carbonyl (C=O) groups excluding carboxylic acids is 1. The largest absolute Gasteiger partial charge is 0.475 e.